The first-order chi connectivity index (χ1) is 7.24. The van der Waals surface area contributed by atoms with Crippen LogP contribution in [0.4, 0.5) is 5.69 Å². The molecule has 0 spiro atoms. The first kappa shape index (κ1) is 11.9. The molecule has 5 heteroatoms. The molecular formula is C10H14N2O2S. The lowest BCUT2D eigenvalue weighted by Crippen LogP contribution is -2.05. The highest BCUT2D eigenvalue weighted by Gasteiger charge is 2.11. The number of phenols is 1. The number of hydrogen-bond donors (Lipinski definition) is 3. The Labute approximate surface area is 92.9 Å². The smallest absolute Gasteiger partial charge is 0.211 e. The average Bonchev–Trinajstić information content (AvgIpc) is 2.24. The summed E-state index contributed by atoms with van der Waals surface area (Å²) in [4.78, 5) is 11.3. The molecule has 0 aliphatic carbocycles. The minimum absolute atomic E-state index is 0.0761. The van der Waals surface area contributed by atoms with E-state index in [1.807, 2.05) is 12.3 Å². The van der Waals surface area contributed by atoms with Crippen LogP contribution in [0.3, 0.4) is 0 Å². The Morgan fingerprint density at radius 2 is 2.33 bits per heavy atom. The van der Waals surface area contributed by atoms with Crippen LogP contribution in [-0.4, -0.2) is 24.3 Å². The quantitative estimate of drug-likeness (QED) is 0.400. The monoisotopic (exact) mass is 226 g/mol. The molecule has 0 aliphatic heterocycles. The van der Waals surface area contributed by atoms with E-state index in [1.54, 1.807) is 6.07 Å². The number of hydrogen-bond acceptors (Lipinski definition) is 4. The third-order valence-electron chi connectivity index (χ3n) is 2.04. The predicted octanol–water partition coefficient (Wildman–Crippen LogP) is 1.18. The molecule has 1 aromatic rings. The number of phenolic OH excluding ortho intramolecular Hbond substituents is 1. The second-order valence-corrected chi connectivity index (χ2v) is 3.77. The van der Waals surface area contributed by atoms with Gasteiger partial charge in [0.05, 0.1) is 5.69 Å². The lowest BCUT2D eigenvalue weighted by atomic mass is 10.1. The van der Waals surface area contributed by atoms with Gasteiger partial charge in [-0.15, -0.1) is 11.8 Å². The number of thioether (sulfide) groups is 1. The van der Waals surface area contributed by atoms with E-state index in [1.165, 1.54) is 11.8 Å². The van der Waals surface area contributed by atoms with E-state index in [2.05, 4.69) is 5.32 Å². The first-order valence-corrected chi connectivity index (χ1v) is 5.76. The number of carbonyl (C=O) groups is 1. The lowest BCUT2D eigenvalue weighted by molar-refractivity contribution is -0.105. The molecule has 0 saturated heterocycles. The molecule has 82 valence electrons. The topological polar surface area (TPSA) is 75.3 Å². The molecule has 0 radical (unpaired) electrons. The van der Waals surface area contributed by atoms with E-state index < -0.39 is 0 Å². The van der Waals surface area contributed by atoms with Crippen molar-refractivity contribution in [2.24, 2.45) is 5.73 Å². The van der Waals surface area contributed by atoms with Crippen LogP contribution >= 0.6 is 11.8 Å². The molecule has 0 saturated carbocycles. The molecule has 0 unspecified atom stereocenters. The van der Waals surface area contributed by atoms with Gasteiger partial charge in [0, 0.05) is 4.90 Å². The molecular weight excluding hydrogens is 212 g/mol. The van der Waals surface area contributed by atoms with Gasteiger partial charge >= 0.3 is 0 Å². The molecule has 0 bridgehead atoms. The molecule has 0 atom stereocenters. The molecule has 0 aliphatic rings. The Morgan fingerprint density at radius 1 is 1.60 bits per heavy atom. The summed E-state index contributed by atoms with van der Waals surface area (Å²) in [6.07, 6.45) is 3.18. The summed E-state index contributed by atoms with van der Waals surface area (Å²) in [5, 5.41) is 12.1. The summed E-state index contributed by atoms with van der Waals surface area (Å²) in [5.41, 5.74) is 6.98. The maximum absolute atomic E-state index is 10.4. The van der Waals surface area contributed by atoms with Crippen LogP contribution in [0, 0.1) is 0 Å². The van der Waals surface area contributed by atoms with Gasteiger partial charge in [0.1, 0.15) is 5.75 Å². The zero-order valence-corrected chi connectivity index (χ0v) is 9.30. The van der Waals surface area contributed by atoms with Crippen molar-refractivity contribution < 1.29 is 9.90 Å². The number of rotatable bonds is 5. The van der Waals surface area contributed by atoms with Crippen LogP contribution in [0.25, 0.3) is 0 Å². The minimum atomic E-state index is 0.0761. The zero-order valence-electron chi connectivity index (χ0n) is 8.49. The predicted molar refractivity (Wildman–Crippen MR) is 62.3 cm³/mol. The van der Waals surface area contributed by atoms with Crippen LogP contribution in [-0.2, 0) is 11.2 Å². The summed E-state index contributed by atoms with van der Waals surface area (Å²) in [6.45, 7) is 0.541. The maximum atomic E-state index is 10.4. The molecule has 0 aromatic heterocycles. The number of amides is 1. The molecule has 4 N–H and O–H groups in total. The third kappa shape index (κ3) is 2.64. The van der Waals surface area contributed by atoms with Crippen LogP contribution in [0.15, 0.2) is 17.0 Å². The molecule has 0 heterocycles. The average molecular weight is 226 g/mol. The summed E-state index contributed by atoms with van der Waals surface area (Å²) in [6, 6.07) is 3.39. The van der Waals surface area contributed by atoms with E-state index in [0.717, 1.165) is 16.9 Å². The van der Waals surface area contributed by atoms with Crippen LogP contribution in [0.2, 0.25) is 0 Å². The van der Waals surface area contributed by atoms with Gasteiger partial charge in [0.15, 0.2) is 0 Å². The Hall–Kier alpha value is -1.20. The highest BCUT2D eigenvalue weighted by molar-refractivity contribution is 7.98. The van der Waals surface area contributed by atoms with Crippen molar-refractivity contribution in [1.82, 2.24) is 0 Å². The Balaban J connectivity index is 3.19. The minimum Gasteiger partial charge on any atom is -0.506 e. The number of aromatic hydroxyl groups is 1. The molecule has 4 nitrogen and oxygen atoms in total. The summed E-state index contributed by atoms with van der Waals surface area (Å²) < 4.78 is 0. The van der Waals surface area contributed by atoms with Crippen molar-refractivity contribution in [2.75, 3.05) is 18.1 Å². The first-order valence-electron chi connectivity index (χ1n) is 4.53. The van der Waals surface area contributed by atoms with Crippen molar-refractivity contribution >= 4 is 23.9 Å². The van der Waals surface area contributed by atoms with E-state index >= 15 is 0 Å². The van der Waals surface area contributed by atoms with Gasteiger partial charge in [-0.1, -0.05) is 6.07 Å². The second-order valence-electron chi connectivity index (χ2n) is 2.95. The molecule has 15 heavy (non-hydrogen) atoms. The van der Waals surface area contributed by atoms with Crippen molar-refractivity contribution in [2.45, 2.75) is 11.3 Å². The van der Waals surface area contributed by atoms with Gasteiger partial charge in [-0.2, -0.15) is 0 Å². The van der Waals surface area contributed by atoms with E-state index in [4.69, 9.17) is 5.73 Å². The second kappa shape index (κ2) is 5.63. The fourth-order valence-corrected chi connectivity index (χ4v) is 2.20. The van der Waals surface area contributed by atoms with Crippen molar-refractivity contribution in [3.8, 4) is 5.75 Å². The van der Waals surface area contributed by atoms with Gasteiger partial charge in [0.2, 0.25) is 6.41 Å². The molecule has 0 fully saturated rings. The van der Waals surface area contributed by atoms with Crippen molar-refractivity contribution in [1.29, 1.82) is 0 Å². The number of benzene rings is 1. The van der Waals surface area contributed by atoms with Crippen molar-refractivity contribution in [3.63, 3.8) is 0 Å². The van der Waals surface area contributed by atoms with E-state index in [9.17, 15) is 9.90 Å². The number of anilines is 1. The number of nitrogens with one attached hydrogen (secondary N) is 1. The highest BCUT2D eigenvalue weighted by atomic mass is 32.2. The standard InChI is InChI=1S/C10H14N2O2S/c1-15-10-7(4-5-11)2-3-8(14)9(10)12-6-13/h2-3,6,14H,4-5,11H2,1H3,(H,12,13). The molecule has 1 aromatic carbocycles. The SMILES string of the molecule is CSc1c(CCN)ccc(O)c1NC=O. The largest absolute Gasteiger partial charge is 0.506 e. The maximum Gasteiger partial charge on any atom is 0.211 e. The molecule has 1 amide bonds. The van der Waals surface area contributed by atoms with Gasteiger partial charge in [0.25, 0.3) is 0 Å². The number of nitrogens with two attached hydrogens (primary N) is 1. The summed E-state index contributed by atoms with van der Waals surface area (Å²) >= 11 is 1.48. The Morgan fingerprint density at radius 3 is 2.87 bits per heavy atom. The van der Waals surface area contributed by atoms with Gasteiger partial charge in [-0.25, -0.2) is 0 Å². The Bertz CT molecular complexity index is 356. The van der Waals surface area contributed by atoms with Crippen LogP contribution < -0.4 is 11.1 Å². The highest BCUT2D eigenvalue weighted by Crippen LogP contribution is 2.36. The Kier molecular flexibility index (Phi) is 4.45. The summed E-state index contributed by atoms with van der Waals surface area (Å²) in [5.74, 6) is 0.0761. The van der Waals surface area contributed by atoms with E-state index in [-0.39, 0.29) is 5.75 Å². The fraction of sp³-hybridized carbons (Fsp3) is 0.300. The number of carbonyl (C=O) groups excluding carboxylic acids is 1. The van der Waals surface area contributed by atoms with Crippen LogP contribution in [0.5, 0.6) is 5.75 Å². The van der Waals surface area contributed by atoms with E-state index in [0.29, 0.717) is 18.6 Å². The summed E-state index contributed by atoms with van der Waals surface area (Å²) in [7, 11) is 0. The van der Waals surface area contributed by atoms with Crippen molar-refractivity contribution in [3.05, 3.63) is 17.7 Å². The van der Waals surface area contributed by atoms with Gasteiger partial charge in [-0.3, -0.25) is 4.79 Å². The van der Waals surface area contributed by atoms with Gasteiger partial charge in [-0.05, 0) is 30.9 Å². The lowest BCUT2D eigenvalue weighted by Gasteiger charge is -2.12. The normalized spacial score (nSPS) is 10.0. The molecule has 1 rings (SSSR count). The fourth-order valence-electron chi connectivity index (χ4n) is 1.40. The third-order valence-corrected chi connectivity index (χ3v) is 2.91. The van der Waals surface area contributed by atoms with Gasteiger partial charge < -0.3 is 16.2 Å². The zero-order chi connectivity index (χ0) is 11.3. The van der Waals surface area contributed by atoms with Crippen LogP contribution in [0.1, 0.15) is 5.56 Å².